The fraction of sp³-hybridized carbons (Fsp3) is 0.650. The molecule has 3 aliphatic rings. The van der Waals surface area contributed by atoms with Crippen LogP contribution in [-0.4, -0.2) is 68.6 Å². The Kier molecular flexibility index (Phi) is 5.60. The van der Waals surface area contributed by atoms with Gasteiger partial charge in [0.15, 0.2) is 5.96 Å². The lowest BCUT2D eigenvalue weighted by Gasteiger charge is -2.37. The van der Waals surface area contributed by atoms with Crippen LogP contribution in [0.15, 0.2) is 29.3 Å². The lowest BCUT2D eigenvalue weighted by atomic mass is 10.1. The van der Waals surface area contributed by atoms with Crippen LogP contribution in [0.2, 0.25) is 0 Å². The maximum absolute atomic E-state index is 6.03. The van der Waals surface area contributed by atoms with E-state index in [4.69, 9.17) is 19.2 Å². The molecule has 0 saturated carbocycles. The van der Waals surface area contributed by atoms with Crippen molar-refractivity contribution in [1.29, 1.82) is 0 Å². The summed E-state index contributed by atoms with van der Waals surface area (Å²) >= 11 is 0. The molecule has 2 saturated heterocycles. The van der Waals surface area contributed by atoms with E-state index < -0.39 is 0 Å². The standard InChI is InChI=1S/C20H29N3O3/c1-2-21-20(22-13-16-12-15-6-3-4-7-17(15)26-16)23-9-11-25-19(14-23)18-8-5-10-24-18/h3-4,6-7,16,18-19H,2,5,8-14H2,1H3,(H,21,22). The number of benzene rings is 1. The molecule has 3 atom stereocenters. The molecule has 4 rings (SSSR count). The Hall–Kier alpha value is -1.79. The highest BCUT2D eigenvalue weighted by Crippen LogP contribution is 2.28. The van der Waals surface area contributed by atoms with Crippen LogP contribution in [0.5, 0.6) is 5.75 Å². The second kappa shape index (κ2) is 8.27. The highest BCUT2D eigenvalue weighted by Gasteiger charge is 2.32. The molecule has 0 spiro atoms. The van der Waals surface area contributed by atoms with Crippen LogP contribution in [0, 0.1) is 0 Å². The molecule has 3 heterocycles. The first-order chi connectivity index (χ1) is 12.8. The van der Waals surface area contributed by atoms with E-state index >= 15 is 0 Å². The summed E-state index contributed by atoms with van der Waals surface area (Å²) in [4.78, 5) is 7.18. The minimum absolute atomic E-state index is 0.121. The van der Waals surface area contributed by atoms with Crippen molar-refractivity contribution in [2.45, 2.75) is 44.5 Å². The zero-order chi connectivity index (χ0) is 17.8. The van der Waals surface area contributed by atoms with E-state index in [1.807, 2.05) is 12.1 Å². The highest BCUT2D eigenvalue weighted by molar-refractivity contribution is 5.80. The zero-order valence-corrected chi connectivity index (χ0v) is 15.5. The lowest BCUT2D eigenvalue weighted by molar-refractivity contribution is -0.0817. The molecule has 1 N–H and O–H groups in total. The van der Waals surface area contributed by atoms with E-state index in [9.17, 15) is 0 Å². The van der Waals surface area contributed by atoms with Crippen molar-refractivity contribution in [1.82, 2.24) is 10.2 Å². The monoisotopic (exact) mass is 359 g/mol. The summed E-state index contributed by atoms with van der Waals surface area (Å²) in [5, 5.41) is 3.43. The second-order valence-electron chi connectivity index (χ2n) is 7.15. The van der Waals surface area contributed by atoms with E-state index in [1.165, 1.54) is 5.56 Å². The summed E-state index contributed by atoms with van der Waals surface area (Å²) in [6.07, 6.45) is 3.66. The normalized spacial score (nSPS) is 28.7. The first kappa shape index (κ1) is 17.6. The summed E-state index contributed by atoms with van der Waals surface area (Å²) in [7, 11) is 0. The van der Waals surface area contributed by atoms with Gasteiger partial charge < -0.3 is 24.4 Å². The molecule has 0 aliphatic carbocycles. The number of hydrogen-bond donors (Lipinski definition) is 1. The molecule has 2 fully saturated rings. The van der Waals surface area contributed by atoms with Crippen molar-refractivity contribution in [2.75, 3.05) is 39.4 Å². The number of rotatable bonds is 4. The largest absolute Gasteiger partial charge is 0.488 e. The number of hydrogen-bond acceptors (Lipinski definition) is 4. The first-order valence-electron chi connectivity index (χ1n) is 9.84. The third-order valence-electron chi connectivity index (χ3n) is 5.27. The van der Waals surface area contributed by atoms with Crippen LogP contribution in [0.3, 0.4) is 0 Å². The third kappa shape index (κ3) is 3.96. The Morgan fingerprint density at radius 1 is 1.23 bits per heavy atom. The van der Waals surface area contributed by atoms with Gasteiger partial charge in [-0.3, -0.25) is 0 Å². The van der Waals surface area contributed by atoms with Gasteiger partial charge in [-0.05, 0) is 31.4 Å². The van der Waals surface area contributed by atoms with E-state index in [0.29, 0.717) is 6.54 Å². The molecule has 3 aliphatic heterocycles. The highest BCUT2D eigenvalue weighted by atomic mass is 16.5. The van der Waals surface area contributed by atoms with E-state index in [1.54, 1.807) is 0 Å². The molecule has 0 radical (unpaired) electrons. The van der Waals surface area contributed by atoms with Gasteiger partial charge in [0.25, 0.3) is 0 Å². The van der Waals surface area contributed by atoms with Crippen LogP contribution in [0.1, 0.15) is 25.3 Å². The van der Waals surface area contributed by atoms with Gasteiger partial charge in [0.1, 0.15) is 18.0 Å². The summed E-state index contributed by atoms with van der Waals surface area (Å²) in [5.74, 6) is 1.96. The topological polar surface area (TPSA) is 55.3 Å². The number of nitrogens with one attached hydrogen (secondary N) is 1. The van der Waals surface area contributed by atoms with E-state index in [2.05, 4.69) is 29.3 Å². The number of aliphatic imine (C=N–C) groups is 1. The number of morpholine rings is 1. The predicted molar refractivity (Wildman–Crippen MR) is 101 cm³/mol. The number of para-hydroxylation sites is 1. The molecule has 26 heavy (non-hydrogen) atoms. The molecule has 0 amide bonds. The van der Waals surface area contributed by atoms with E-state index in [0.717, 1.165) is 63.8 Å². The van der Waals surface area contributed by atoms with Gasteiger partial charge in [0, 0.05) is 32.7 Å². The Balaban J connectivity index is 1.38. The predicted octanol–water partition coefficient (Wildman–Crippen LogP) is 1.84. The maximum Gasteiger partial charge on any atom is 0.194 e. The summed E-state index contributed by atoms with van der Waals surface area (Å²) in [6, 6.07) is 8.27. The smallest absolute Gasteiger partial charge is 0.194 e. The quantitative estimate of drug-likeness (QED) is 0.657. The van der Waals surface area contributed by atoms with Crippen LogP contribution in [-0.2, 0) is 15.9 Å². The number of guanidine groups is 1. The molecule has 0 aromatic heterocycles. The van der Waals surface area contributed by atoms with Crippen LogP contribution in [0.4, 0.5) is 0 Å². The van der Waals surface area contributed by atoms with Crippen molar-refractivity contribution >= 4 is 5.96 Å². The fourth-order valence-electron chi connectivity index (χ4n) is 3.96. The van der Waals surface area contributed by atoms with Gasteiger partial charge >= 0.3 is 0 Å². The van der Waals surface area contributed by atoms with Crippen molar-refractivity contribution in [3.05, 3.63) is 29.8 Å². The average molecular weight is 359 g/mol. The van der Waals surface area contributed by atoms with Gasteiger partial charge in [-0.25, -0.2) is 4.99 Å². The van der Waals surface area contributed by atoms with Gasteiger partial charge in [-0.1, -0.05) is 18.2 Å². The SMILES string of the molecule is CCNC(=NCC1Cc2ccccc2O1)N1CCOC(C2CCCO2)C1. The fourth-order valence-corrected chi connectivity index (χ4v) is 3.96. The Bertz CT molecular complexity index is 605. The third-order valence-corrected chi connectivity index (χ3v) is 5.27. The number of nitrogens with zero attached hydrogens (tertiary/aromatic N) is 2. The lowest BCUT2D eigenvalue weighted by Crippen LogP contribution is -2.53. The molecule has 6 nitrogen and oxygen atoms in total. The molecule has 6 heteroatoms. The second-order valence-corrected chi connectivity index (χ2v) is 7.15. The van der Waals surface area contributed by atoms with Gasteiger partial charge in [-0.2, -0.15) is 0 Å². The van der Waals surface area contributed by atoms with Crippen molar-refractivity contribution in [3.8, 4) is 5.75 Å². The number of ether oxygens (including phenoxy) is 3. The van der Waals surface area contributed by atoms with Crippen LogP contribution < -0.4 is 10.1 Å². The average Bonchev–Trinajstić information content (AvgIpc) is 3.34. The molecule has 3 unspecified atom stereocenters. The molecular formula is C20H29N3O3. The van der Waals surface area contributed by atoms with Gasteiger partial charge in [0.2, 0.25) is 0 Å². The van der Waals surface area contributed by atoms with Crippen molar-refractivity contribution in [2.24, 2.45) is 4.99 Å². The van der Waals surface area contributed by atoms with Crippen molar-refractivity contribution < 1.29 is 14.2 Å². The minimum atomic E-state index is 0.121. The molecule has 1 aromatic rings. The summed E-state index contributed by atoms with van der Waals surface area (Å²) < 4.78 is 17.8. The molecule has 1 aromatic carbocycles. The van der Waals surface area contributed by atoms with Crippen LogP contribution >= 0.6 is 0 Å². The zero-order valence-electron chi connectivity index (χ0n) is 15.5. The van der Waals surface area contributed by atoms with Crippen molar-refractivity contribution in [3.63, 3.8) is 0 Å². The summed E-state index contributed by atoms with van der Waals surface area (Å²) in [5.41, 5.74) is 1.28. The Morgan fingerprint density at radius 2 is 2.12 bits per heavy atom. The van der Waals surface area contributed by atoms with E-state index in [-0.39, 0.29) is 18.3 Å². The van der Waals surface area contributed by atoms with Gasteiger partial charge in [0.05, 0.1) is 19.3 Å². The Morgan fingerprint density at radius 3 is 2.92 bits per heavy atom. The first-order valence-corrected chi connectivity index (χ1v) is 9.84. The van der Waals surface area contributed by atoms with Gasteiger partial charge in [-0.15, -0.1) is 0 Å². The number of fused-ring (bicyclic) bond motifs is 1. The summed E-state index contributed by atoms with van der Waals surface area (Å²) in [6.45, 7) is 6.91. The minimum Gasteiger partial charge on any atom is -0.488 e. The molecule has 0 bridgehead atoms. The molecule has 142 valence electrons. The van der Waals surface area contributed by atoms with Crippen LogP contribution in [0.25, 0.3) is 0 Å². The Labute approximate surface area is 155 Å². The maximum atomic E-state index is 6.03. The molecular weight excluding hydrogens is 330 g/mol.